The van der Waals surface area contributed by atoms with Crippen molar-refractivity contribution in [3.8, 4) is 11.5 Å². The molecule has 5 rings (SSSR count). The number of allylic oxidation sites excluding steroid dienone is 1. The van der Waals surface area contributed by atoms with E-state index in [4.69, 9.17) is 32.7 Å². The Morgan fingerprint density at radius 1 is 0.927 bits per heavy atom. The second-order valence-electron chi connectivity index (χ2n) is 11.6. The van der Waals surface area contributed by atoms with Crippen LogP contribution in [0.1, 0.15) is 56.0 Å². The van der Waals surface area contributed by atoms with Crippen LogP contribution in [-0.2, 0) is 4.74 Å². The summed E-state index contributed by atoms with van der Waals surface area (Å²) in [6, 6.07) is 21.3. The molecule has 1 fully saturated rings. The van der Waals surface area contributed by atoms with E-state index in [1.54, 1.807) is 30.7 Å². The third-order valence-electron chi connectivity index (χ3n) is 8.05. The first-order chi connectivity index (χ1) is 19.7. The topological polar surface area (TPSA) is 42.0 Å². The van der Waals surface area contributed by atoms with E-state index in [2.05, 4.69) is 35.8 Å². The predicted octanol–water partition coefficient (Wildman–Crippen LogP) is 8.75. The highest BCUT2D eigenvalue weighted by molar-refractivity contribution is 6.32. The molecule has 5 nitrogen and oxygen atoms in total. The fourth-order valence-electron chi connectivity index (χ4n) is 5.71. The van der Waals surface area contributed by atoms with E-state index >= 15 is 0 Å². The van der Waals surface area contributed by atoms with E-state index < -0.39 is 5.97 Å². The van der Waals surface area contributed by atoms with Gasteiger partial charge >= 0.3 is 5.97 Å². The van der Waals surface area contributed by atoms with Crippen LogP contribution >= 0.6 is 23.2 Å². The average molecular weight is 594 g/mol. The maximum absolute atomic E-state index is 12.7. The lowest BCUT2D eigenvalue weighted by atomic mass is 9.72. The van der Waals surface area contributed by atoms with Crippen molar-refractivity contribution in [2.24, 2.45) is 5.41 Å². The van der Waals surface area contributed by atoms with Crippen molar-refractivity contribution in [1.29, 1.82) is 0 Å². The number of carbonyl (C=O) groups is 1. The Balaban J connectivity index is 1.31. The van der Waals surface area contributed by atoms with Crippen molar-refractivity contribution >= 4 is 40.4 Å². The summed E-state index contributed by atoms with van der Waals surface area (Å²) in [6.45, 7) is 11.5. The van der Waals surface area contributed by atoms with Crippen LogP contribution in [0.15, 0.2) is 72.3 Å². The first-order valence-corrected chi connectivity index (χ1v) is 15.2. The minimum atomic E-state index is -0.411. The van der Waals surface area contributed by atoms with Gasteiger partial charge in [-0.15, -0.1) is 0 Å². The first kappa shape index (κ1) is 29.5. The van der Waals surface area contributed by atoms with E-state index in [0.29, 0.717) is 34.1 Å². The normalized spacial score (nSPS) is 17.4. The standard InChI is InChI=1S/C34H38Cl2N2O3/c1-4-40-33(39)28-14-13-27(21-32(28)41-31-8-6-5-7-30(31)36)38-19-17-37(18-20-38)23-25-15-16-34(2,3)22-29(25)24-9-11-26(35)12-10-24/h5-14,21H,4,15-20,22-23H2,1-3H3. The van der Waals surface area contributed by atoms with Crippen LogP contribution in [0, 0.1) is 5.41 Å². The SMILES string of the molecule is CCOC(=O)c1ccc(N2CCN(CC3=C(c4ccc(Cl)cc4)CC(C)(C)CC3)CC2)cc1Oc1ccccc1Cl. The van der Waals surface area contributed by atoms with Gasteiger partial charge in [0.25, 0.3) is 0 Å². The molecule has 1 aliphatic carbocycles. The molecule has 0 bridgehead atoms. The number of halogens is 2. The lowest BCUT2D eigenvalue weighted by molar-refractivity contribution is 0.0523. The van der Waals surface area contributed by atoms with Crippen LogP contribution in [0.25, 0.3) is 5.57 Å². The third kappa shape index (κ3) is 7.27. The molecule has 3 aromatic carbocycles. The number of hydrogen-bond acceptors (Lipinski definition) is 5. The molecule has 2 aliphatic rings. The number of benzene rings is 3. The molecular weight excluding hydrogens is 555 g/mol. The Morgan fingerprint density at radius 2 is 1.66 bits per heavy atom. The molecule has 1 heterocycles. The largest absolute Gasteiger partial charge is 0.462 e. The van der Waals surface area contributed by atoms with Gasteiger partial charge < -0.3 is 14.4 Å². The Bertz CT molecular complexity index is 1410. The zero-order chi connectivity index (χ0) is 29.0. The maximum Gasteiger partial charge on any atom is 0.341 e. The van der Waals surface area contributed by atoms with Crippen molar-refractivity contribution in [2.75, 3.05) is 44.2 Å². The van der Waals surface area contributed by atoms with Crippen LogP contribution in [0.5, 0.6) is 11.5 Å². The van der Waals surface area contributed by atoms with Crippen molar-refractivity contribution < 1.29 is 14.3 Å². The summed E-state index contributed by atoms with van der Waals surface area (Å²) in [5, 5.41) is 1.26. The van der Waals surface area contributed by atoms with E-state index in [1.165, 1.54) is 17.6 Å². The molecule has 216 valence electrons. The summed E-state index contributed by atoms with van der Waals surface area (Å²) < 4.78 is 11.4. The predicted molar refractivity (Wildman–Crippen MR) is 169 cm³/mol. The summed E-state index contributed by atoms with van der Waals surface area (Å²) in [5.74, 6) is 0.535. The molecule has 0 aromatic heterocycles. The summed E-state index contributed by atoms with van der Waals surface area (Å²) in [6.07, 6.45) is 3.43. The number of esters is 1. The molecule has 0 unspecified atom stereocenters. The van der Waals surface area contributed by atoms with E-state index in [0.717, 1.165) is 56.3 Å². The van der Waals surface area contributed by atoms with E-state index in [9.17, 15) is 4.79 Å². The highest BCUT2D eigenvalue weighted by Crippen LogP contribution is 2.43. The summed E-state index contributed by atoms with van der Waals surface area (Å²) in [7, 11) is 0. The molecule has 0 radical (unpaired) electrons. The van der Waals surface area contributed by atoms with Crippen LogP contribution < -0.4 is 9.64 Å². The van der Waals surface area contributed by atoms with Crippen LogP contribution in [0.3, 0.4) is 0 Å². The number of carbonyl (C=O) groups excluding carboxylic acids is 1. The Kier molecular flexibility index (Phi) is 9.28. The number of hydrogen-bond donors (Lipinski definition) is 0. The van der Waals surface area contributed by atoms with Crippen LogP contribution in [0.2, 0.25) is 10.0 Å². The van der Waals surface area contributed by atoms with Crippen LogP contribution in [0.4, 0.5) is 5.69 Å². The minimum absolute atomic E-state index is 0.293. The highest BCUT2D eigenvalue weighted by Gasteiger charge is 2.29. The van der Waals surface area contributed by atoms with Gasteiger partial charge in [-0.2, -0.15) is 0 Å². The lowest BCUT2D eigenvalue weighted by Crippen LogP contribution is -2.47. The monoisotopic (exact) mass is 592 g/mol. The smallest absolute Gasteiger partial charge is 0.341 e. The average Bonchev–Trinajstić information content (AvgIpc) is 2.96. The van der Waals surface area contributed by atoms with Gasteiger partial charge in [0.05, 0.1) is 11.6 Å². The van der Waals surface area contributed by atoms with Crippen molar-refractivity contribution in [3.05, 3.63) is 93.5 Å². The second-order valence-corrected chi connectivity index (χ2v) is 12.5. The fraction of sp³-hybridized carbons (Fsp3) is 0.382. The van der Waals surface area contributed by atoms with Crippen LogP contribution in [-0.4, -0.2) is 50.2 Å². The van der Waals surface area contributed by atoms with Gasteiger partial charge in [0, 0.05) is 49.5 Å². The lowest BCUT2D eigenvalue weighted by Gasteiger charge is -2.39. The first-order valence-electron chi connectivity index (χ1n) is 14.4. The van der Waals surface area contributed by atoms with E-state index in [-0.39, 0.29) is 0 Å². The molecule has 3 aromatic rings. The van der Waals surface area contributed by atoms with Gasteiger partial charge in [0.15, 0.2) is 0 Å². The molecule has 0 spiro atoms. The molecule has 7 heteroatoms. The molecule has 1 saturated heterocycles. The van der Waals surface area contributed by atoms with Gasteiger partial charge in [-0.05, 0) is 79.1 Å². The van der Waals surface area contributed by atoms with Crippen molar-refractivity contribution in [2.45, 2.75) is 40.0 Å². The number of para-hydroxylation sites is 1. The van der Waals surface area contributed by atoms with Gasteiger partial charge in [-0.25, -0.2) is 4.79 Å². The molecule has 0 saturated carbocycles. The molecule has 0 atom stereocenters. The van der Waals surface area contributed by atoms with E-state index in [1.807, 2.05) is 36.4 Å². The number of rotatable bonds is 8. The Labute approximate surface area is 253 Å². The number of nitrogens with zero attached hydrogens (tertiary/aromatic N) is 2. The van der Waals surface area contributed by atoms with Gasteiger partial charge in [-0.1, -0.05) is 66.9 Å². The zero-order valence-corrected chi connectivity index (χ0v) is 25.6. The quantitative estimate of drug-likeness (QED) is 0.244. The number of ether oxygens (including phenoxy) is 2. The second kappa shape index (κ2) is 12.9. The Morgan fingerprint density at radius 3 is 2.37 bits per heavy atom. The summed E-state index contributed by atoms with van der Waals surface area (Å²) in [4.78, 5) is 17.6. The summed E-state index contributed by atoms with van der Waals surface area (Å²) in [5.41, 5.74) is 6.03. The minimum Gasteiger partial charge on any atom is -0.462 e. The van der Waals surface area contributed by atoms with Gasteiger partial charge in [-0.3, -0.25) is 4.90 Å². The Hall–Kier alpha value is -2.99. The molecule has 1 aliphatic heterocycles. The third-order valence-corrected chi connectivity index (χ3v) is 8.61. The van der Waals surface area contributed by atoms with Gasteiger partial charge in [0.2, 0.25) is 0 Å². The fourth-order valence-corrected chi connectivity index (χ4v) is 6.01. The highest BCUT2D eigenvalue weighted by atomic mass is 35.5. The van der Waals surface area contributed by atoms with Crippen molar-refractivity contribution in [1.82, 2.24) is 4.90 Å². The molecule has 41 heavy (non-hydrogen) atoms. The molecule has 0 N–H and O–H groups in total. The van der Waals surface area contributed by atoms with Gasteiger partial charge in [0.1, 0.15) is 17.1 Å². The number of anilines is 1. The summed E-state index contributed by atoms with van der Waals surface area (Å²) >= 11 is 12.5. The molecule has 0 amide bonds. The van der Waals surface area contributed by atoms with Crippen molar-refractivity contribution in [3.63, 3.8) is 0 Å². The zero-order valence-electron chi connectivity index (χ0n) is 24.1. The maximum atomic E-state index is 12.7. The number of piperazine rings is 1. The molecular formula is C34H38Cl2N2O3.